The lowest BCUT2D eigenvalue weighted by atomic mass is 10.0. The average molecular weight is 131 g/mol. The summed E-state index contributed by atoms with van der Waals surface area (Å²) in [7, 11) is 0. The SMILES string of the molecule is CC[C@H](CCN)C(=O)O. The minimum Gasteiger partial charge on any atom is -0.481 e. The Morgan fingerprint density at radius 1 is 1.78 bits per heavy atom. The van der Waals surface area contributed by atoms with Gasteiger partial charge in [0.15, 0.2) is 0 Å². The van der Waals surface area contributed by atoms with Gasteiger partial charge in [-0.15, -0.1) is 0 Å². The van der Waals surface area contributed by atoms with Crippen LogP contribution >= 0.6 is 0 Å². The zero-order valence-electron chi connectivity index (χ0n) is 5.63. The first kappa shape index (κ1) is 8.43. The summed E-state index contributed by atoms with van der Waals surface area (Å²) in [6.45, 7) is 2.32. The fourth-order valence-electron chi connectivity index (χ4n) is 0.703. The maximum Gasteiger partial charge on any atom is 0.306 e. The van der Waals surface area contributed by atoms with Gasteiger partial charge in [0.2, 0.25) is 0 Å². The number of nitrogens with two attached hydrogens (primary N) is 1. The van der Waals surface area contributed by atoms with Gasteiger partial charge in [-0.2, -0.15) is 0 Å². The van der Waals surface area contributed by atoms with Crippen LogP contribution in [0.4, 0.5) is 0 Å². The highest BCUT2D eigenvalue weighted by Gasteiger charge is 2.12. The average Bonchev–Trinajstić information content (AvgIpc) is 1.82. The Labute approximate surface area is 54.9 Å². The molecule has 1 atom stereocenters. The molecule has 0 radical (unpaired) electrons. The first-order valence-electron chi connectivity index (χ1n) is 3.15. The molecule has 0 aliphatic rings. The third-order valence-electron chi connectivity index (χ3n) is 1.36. The lowest BCUT2D eigenvalue weighted by Gasteiger charge is -2.05. The van der Waals surface area contributed by atoms with E-state index in [1.165, 1.54) is 0 Å². The number of carboxylic acids is 1. The predicted octanol–water partition coefficient (Wildman–Crippen LogP) is 0.446. The largest absolute Gasteiger partial charge is 0.481 e. The molecule has 3 heteroatoms. The van der Waals surface area contributed by atoms with E-state index in [2.05, 4.69) is 0 Å². The number of aliphatic carboxylic acids is 1. The molecule has 0 aromatic carbocycles. The van der Waals surface area contributed by atoms with Crippen LogP contribution < -0.4 is 5.73 Å². The van der Waals surface area contributed by atoms with Gasteiger partial charge in [0.1, 0.15) is 0 Å². The highest BCUT2D eigenvalue weighted by Crippen LogP contribution is 2.05. The first-order valence-corrected chi connectivity index (χ1v) is 3.15. The predicted molar refractivity (Wildman–Crippen MR) is 35.1 cm³/mol. The Bertz CT molecular complexity index is 93.1. The van der Waals surface area contributed by atoms with Crippen molar-refractivity contribution in [3.8, 4) is 0 Å². The van der Waals surface area contributed by atoms with E-state index in [4.69, 9.17) is 10.8 Å². The van der Waals surface area contributed by atoms with Gasteiger partial charge in [-0.05, 0) is 19.4 Å². The summed E-state index contributed by atoms with van der Waals surface area (Å²) in [5.74, 6) is -0.974. The van der Waals surface area contributed by atoms with Crippen LogP contribution in [-0.2, 0) is 4.79 Å². The van der Waals surface area contributed by atoms with Crippen LogP contribution in [-0.4, -0.2) is 17.6 Å². The molecular weight excluding hydrogens is 118 g/mol. The second kappa shape index (κ2) is 4.32. The van der Waals surface area contributed by atoms with E-state index < -0.39 is 5.97 Å². The molecule has 0 aliphatic heterocycles. The third-order valence-corrected chi connectivity index (χ3v) is 1.36. The summed E-state index contributed by atoms with van der Waals surface area (Å²) in [5, 5.41) is 8.45. The normalized spacial score (nSPS) is 13.1. The van der Waals surface area contributed by atoms with Crippen LogP contribution in [0.3, 0.4) is 0 Å². The number of rotatable bonds is 4. The molecule has 54 valence electrons. The number of hydrogen-bond acceptors (Lipinski definition) is 2. The van der Waals surface area contributed by atoms with Crippen LogP contribution in [0.1, 0.15) is 19.8 Å². The van der Waals surface area contributed by atoms with E-state index in [1.807, 2.05) is 6.92 Å². The van der Waals surface area contributed by atoms with Gasteiger partial charge in [-0.3, -0.25) is 4.79 Å². The molecule has 0 spiro atoms. The maximum absolute atomic E-state index is 10.3. The van der Waals surface area contributed by atoms with Gasteiger partial charge in [0.25, 0.3) is 0 Å². The fourth-order valence-corrected chi connectivity index (χ4v) is 0.703. The highest BCUT2D eigenvalue weighted by atomic mass is 16.4. The number of carboxylic acid groups (broad SMARTS) is 1. The van der Waals surface area contributed by atoms with Gasteiger partial charge < -0.3 is 10.8 Å². The van der Waals surface area contributed by atoms with Crippen LogP contribution in [0.15, 0.2) is 0 Å². The van der Waals surface area contributed by atoms with Crippen molar-refractivity contribution in [1.29, 1.82) is 0 Å². The Morgan fingerprint density at radius 3 is 2.44 bits per heavy atom. The Balaban J connectivity index is 3.54. The number of hydrogen-bond donors (Lipinski definition) is 2. The van der Waals surface area contributed by atoms with Crippen molar-refractivity contribution in [3.05, 3.63) is 0 Å². The summed E-state index contributed by atoms with van der Waals surface area (Å²) in [5.41, 5.74) is 5.18. The molecule has 0 saturated heterocycles. The fraction of sp³-hybridized carbons (Fsp3) is 0.833. The molecule has 0 aromatic heterocycles. The lowest BCUT2D eigenvalue weighted by molar-refractivity contribution is -0.141. The van der Waals surface area contributed by atoms with Gasteiger partial charge >= 0.3 is 5.97 Å². The molecule has 3 nitrogen and oxygen atoms in total. The van der Waals surface area contributed by atoms with Crippen LogP contribution in [0.25, 0.3) is 0 Å². The smallest absolute Gasteiger partial charge is 0.306 e. The highest BCUT2D eigenvalue weighted by molar-refractivity contribution is 5.69. The second-order valence-electron chi connectivity index (χ2n) is 2.02. The molecule has 0 heterocycles. The quantitative estimate of drug-likeness (QED) is 0.582. The van der Waals surface area contributed by atoms with Crippen molar-refractivity contribution >= 4 is 5.97 Å². The van der Waals surface area contributed by atoms with Crippen molar-refractivity contribution in [2.45, 2.75) is 19.8 Å². The Morgan fingerprint density at radius 2 is 2.33 bits per heavy atom. The molecule has 0 rings (SSSR count). The van der Waals surface area contributed by atoms with Crippen molar-refractivity contribution < 1.29 is 9.90 Å². The summed E-state index contributed by atoms with van der Waals surface area (Å²) >= 11 is 0. The summed E-state index contributed by atoms with van der Waals surface area (Å²) in [6.07, 6.45) is 1.26. The first-order chi connectivity index (χ1) is 4.22. The topological polar surface area (TPSA) is 63.3 Å². The van der Waals surface area contributed by atoms with E-state index in [0.717, 1.165) is 0 Å². The van der Waals surface area contributed by atoms with E-state index in [0.29, 0.717) is 19.4 Å². The van der Waals surface area contributed by atoms with E-state index in [1.54, 1.807) is 0 Å². The summed E-state index contributed by atoms with van der Waals surface area (Å²) in [6, 6.07) is 0. The van der Waals surface area contributed by atoms with E-state index in [-0.39, 0.29) is 5.92 Å². The summed E-state index contributed by atoms with van der Waals surface area (Å²) in [4.78, 5) is 10.3. The summed E-state index contributed by atoms with van der Waals surface area (Å²) < 4.78 is 0. The Hall–Kier alpha value is -0.570. The van der Waals surface area contributed by atoms with Gasteiger partial charge in [-0.25, -0.2) is 0 Å². The zero-order chi connectivity index (χ0) is 7.28. The molecular formula is C6H13NO2. The second-order valence-corrected chi connectivity index (χ2v) is 2.02. The molecule has 3 N–H and O–H groups in total. The van der Waals surface area contributed by atoms with Crippen molar-refractivity contribution in [2.24, 2.45) is 11.7 Å². The molecule has 9 heavy (non-hydrogen) atoms. The maximum atomic E-state index is 10.3. The number of carbonyl (C=O) groups is 1. The molecule has 0 bridgehead atoms. The molecule has 0 saturated carbocycles. The third kappa shape index (κ3) is 3.08. The van der Waals surface area contributed by atoms with Crippen molar-refractivity contribution in [2.75, 3.05) is 6.54 Å². The van der Waals surface area contributed by atoms with Crippen molar-refractivity contribution in [3.63, 3.8) is 0 Å². The molecule has 0 amide bonds. The van der Waals surface area contributed by atoms with Gasteiger partial charge in [0.05, 0.1) is 5.92 Å². The molecule has 0 fully saturated rings. The Kier molecular flexibility index (Phi) is 4.05. The van der Waals surface area contributed by atoms with Crippen LogP contribution in [0, 0.1) is 5.92 Å². The van der Waals surface area contributed by atoms with E-state index in [9.17, 15) is 4.79 Å². The van der Waals surface area contributed by atoms with Crippen molar-refractivity contribution in [1.82, 2.24) is 0 Å². The van der Waals surface area contributed by atoms with Gasteiger partial charge in [-0.1, -0.05) is 6.92 Å². The molecule has 0 unspecified atom stereocenters. The molecule has 0 aliphatic carbocycles. The minimum absolute atomic E-state index is 0.241. The standard InChI is InChI=1S/C6H13NO2/c1-2-5(3-4-7)6(8)9/h5H,2-4,7H2,1H3,(H,8,9)/t5-/m1/s1. The van der Waals surface area contributed by atoms with Crippen LogP contribution in [0.2, 0.25) is 0 Å². The minimum atomic E-state index is -0.733. The molecule has 0 aromatic rings. The van der Waals surface area contributed by atoms with E-state index >= 15 is 0 Å². The van der Waals surface area contributed by atoms with Gasteiger partial charge in [0, 0.05) is 0 Å². The monoisotopic (exact) mass is 131 g/mol. The lowest BCUT2D eigenvalue weighted by Crippen LogP contribution is -2.16. The zero-order valence-corrected chi connectivity index (χ0v) is 5.63. The van der Waals surface area contributed by atoms with Crippen LogP contribution in [0.5, 0.6) is 0 Å².